The van der Waals surface area contributed by atoms with Gasteiger partial charge in [0.05, 0.1) is 24.0 Å². The Balaban J connectivity index is 2.29. The highest BCUT2D eigenvalue weighted by Crippen LogP contribution is 2.23. The summed E-state index contributed by atoms with van der Waals surface area (Å²) >= 11 is 5.93. The highest BCUT2D eigenvalue weighted by atomic mass is 35.5. The zero-order valence-electron chi connectivity index (χ0n) is 9.87. The Kier molecular flexibility index (Phi) is 6.09. The Labute approximate surface area is 102 Å². The molecule has 16 heavy (non-hydrogen) atoms. The predicted molar refractivity (Wildman–Crippen MR) is 62.7 cm³/mol. The van der Waals surface area contributed by atoms with Gasteiger partial charge in [0.25, 0.3) is 0 Å². The normalized spacial score (nSPS) is 26.7. The van der Waals surface area contributed by atoms with Crippen molar-refractivity contribution in [3.8, 4) is 0 Å². The van der Waals surface area contributed by atoms with Gasteiger partial charge >= 0.3 is 0 Å². The number of rotatable bonds is 6. The average molecular weight is 250 g/mol. The molecule has 1 amide bonds. The summed E-state index contributed by atoms with van der Waals surface area (Å²) in [7, 11) is 1.59. The van der Waals surface area contributed by atoms with Crippen molar-refractivity contribution in [1.29, 1.82) is 0 Å². The summed E-state index contributed by atoms with van der Waals surface area (Å²) in [6, 6.07) is 0. The Morgan fingerprint density at radius 3 is 3.06 bits per heavy atom. The lowest BCUT2D eigenvalue weighted by atomic mass is 9.99. The molecule has 4 nitrogen and oxygen atoms in total. The van der Waals surface area contributed by atoms with Gasteiger partial charge in [-0.15, -0.1) is 11.6 Å². The van der Waals surface area contributed by atoms with Gasteiger partial charge in [0.15, 0.2) is 0 Å². The number of amides is 1. The molecule has 0 bridgehead atoms. The lowest BCUT2D eigenvalue weighted by Crippen LogP contribution is -2.38. The van der Waals surface area contributed by atoms with Crippen LogP contribution in [0, 0.1) is 5.92 Å². The first-order valence-corrected chi connectivity index (χ1v) is 6.15. The van der Waals surface area contributed by atoms with Crippen LogP contribution in [0.4, 0.5) is 0 Å². The van der Waals surface area contributed by atoms with Crippen LogP contribution in [-0.2, 0) is 14.3 Å². The summed E-state index contributed by atoms with van der Waals surface area (Å²) in [5.74, 6) is 0.0301. The minimum absolute atomic E-state index is 0.0172. The van der Waals surface area contributed by atoms with E-state index < -0.39 is 0 Å². The fourth-order valence-electron chi connectivity index (χ4n) is 1.93. The minimum Gasteiger partial charge on any atom is -0.383 e. The molecule has 1 saturated heterocycles. The van der Waals surface area contributed by atoms with Crippen LogP contribution in [0.3, 0.4) is 0 Å². The second-order valence-electron chi connectivity index (χ2n) is 4.01. The van der Waals surface area contributed by atoms with E-state index in [1.54, 1.807) is 7.11 Å². The van der Waals surface area contributed by atoms with Crippen LogP contribution in [0.15, 0.2) is 0 Å². The minimum atomic E-state index is -0.170. The third-order valence-corrected chi connectivity index (χ3v) is 3.07. The van der Waals surface area contributed by atoms with Crippen LogP contribution in [0.1, 0.15) is 19.8 Å². The van der Waals surface area contributed by atoms with E-state index in [4.69, 9.17) is 21.1 Å². The maximum atomic E-state index is 11.8. The zero-order valence-corrected chi connectivity index (χ0v) is 10.6. The molecule has 5 heteroatoms. The van der Waals surface area contributed by atoms with Gasteiger partial charge in [-0.25, -0.2) is 0 Å². The molecule has 1 heterocycles. The number of carbonyl (C=O) groups is 1. The lowest BCUT2D eigenvalue weighted by molar-refractivity contribution is -0.126. The van der Waals surface area contributed by atoms with Crippen LogP contribution in [0.2, 0.25) is 0 Å². The van der Waals surface area contributed by atoms with E-state index in [9.17, 15) is 4.79 Å². The van der Waals surface area contributed by atoms with Gasteiger partial charge in [0, 0.05) is 20.3 Å². The van der Waals surface area contributed by atoms with Crippen molar-refractivity contribution in [2.24, 2.45) is 5.92 Å². The standard InChI is InChI=1S/C11H20ClNO3/c1-3-10-9(4-5-16-10)11(14)13-6-8(12)7-15-2/h8-10H,3-7H2,1-2H3,(H,13,14). The molecule has 1 N–H and O–H groups in total. The highest BCUT2D eigenvalue weighted by Gasteiger charge is 2.32. The summed E-state index contributed by atoms with van der Waals surface area (Å²) < 4.78 is 10.4. The van der Waals surface area contributed by atoms with Crippen LogP contribution >= 0.6 is 11.6 Å². The van der Waals surface area contributed by atoms with Gasteiger partial charge in [0.2, 0.25) is 5.91 Å². The maximum absolute atomic E-state index is 11.8. The summed E-state index contributed by atoms with van der Waals surface area (Å²) in [6.45, 7) is 3.60. The topological polar surface area (TPSA) is 47.6 Å². The molecule has 0 aliphatic carbocycles. The molecule has 0 spiro atoms. The van der Waals surface area contributed by atoms with Crippen LogP contribution < -0.4 is 5.32 Å². The summed E-state index contributed by atoms with van der Waals surface area (Å²) in [4.78, 5) is 11.8. The Bertz CT molecular complexity index is 225. The van der Waals surface area contributed by atoms with Crippen molar-refractivity contribution in [1.82, 2.24) is 5.32 Å². The van der Waals surface area contributed by atoms with Crippen molar-refractivity contribution in [3.63, 3.8) is 0 Å². The van der Waals surface area contributed by atoms with E-state index in [1.807, 2.05) is 6.92 Å². The van der Waals surface area contributed by atoms with Crippen molar-refractivity contribution in [3.05, 3.63) is 0 Å². The van der Waals surface area contributed by atoms with Crippen molar-refractivity contribution in [2.75, 3.05) is 26.9 Å². The molecule has 3 unspecified atom stereocenters. The average Bonchev–Trinajstić information content (AvgIpc) is 2.74. The smallest absolute Gasteiger partial charge is 0.225 e. The van der Waals surface area contributed by atoms with Gasteiger partial charge < -0.3 is 14.8 Å². The molecule has 0 aromatic rings. The first kappa shape index (κ1) is 13.7. The van der Waals surface area contributed by atoms with E-state index in [0.717, 1.165) is 12.8 Å². The van der Waals surface area contributed by atoms with Crippen molar-refractivity contribution < 1.29 is 14.3 Å². The number of carbonyl (C=O) groups excluding carboxylic acids is 1. The number of methoxy groups -OCH3 is 1. The first-order valence-electron chi connectivity index (χ1n) is 5.71. The monoisotopic (exact) mass is 249 g/mol. The number of halogens is 1. The Hall–Kier alpha value is -0.320. The van der Waals surface area contributed by atoms with Gasteiger partial charge in [-0.1, -0.05) is 6.92 Å². The van der Waals surface area contributed by atoms with E-state index in [-0.39, 0.29) is 23.3 Å². The summed E-state index contributed by atoms with van der Waals surface area (Å²) in [6.07, 6.45) is 1.75. The van der Waals surface area contributed by atoms with Crippen LogP contribution in [0.5, 0.6) is 0 Å². The molecule has 1 aliphatic rings. The third kappa shape index (κ3) is 3.92. The molecule has 0 saturated carbocycles. The molecule has 94 valence electrons. The number of hydrogen-bond donors (Lipinski definition) is 1. The van der Waals surface area contributed by atoms with Gasteiger partial charge in [0.1, 0.15) is 0 Å². The first-order chi connectivity index (χ1) is 7.69. The van der Waals surface area contributed by atoms with E-state index in [2.05, 4.69) is 5.32 Å². The molecular formula is C11H20ClNO3. The van der Waals surface area contributed by atoms with Gasteiger partial charge in [-0.05, 0) is 12.8 Å². The van der Waals surface area contributed by atoms with Crippen molar-refractivity contribution >= 4 is 17.5 Å². The molecule has 0 radical (unpaired) electrons. The van der Waals surface area contributed by atoms with E-state index in [0.29, 0.717) is 19.8 Å². The van der Waals surface area contributed by atoms with Crippen LogP contribution in [-0.4, -0.2) is 44.3 Å². The lowest BCUT2D eigenvalue weighted by Gasteiger charge is -2.17. The van der Waals surface area contributed by atoms with E-state index in [1.165, 1.54) is 0 Å². The number of ether oxygens (including phenoxy) is 2. The summed E-state index contributed by atoms with van der Waals surface area (Å²) in [5, 5.41) is 2.67. The quantitative estimate of drug-likeness (QED) is 0.719. The molecular weight excluding hydrogens is 230 g/mol. The summed E-state index contributed by atoms with van der Waals surface area (Å²) in [5.41, 5.74) is 0. The number of nitrogens with one attached hydrogen (secondary N) is 1. The largest absolute Gasteiger partial charge is 0.383 e. The predicted octanol–water partition coefficient (Wildman–Crippen LogP) is 1.17. The Morgan fingerprint density at radius 2 is 2.44 bits per heavy atom. The fraction of sp³-hybridized carbons (Fsp3) is 0.909. The highest BCUT2D eigenvalue weighted by molar-refractivity contribution is 6.21. The SMILES string of the molecule is CCC1OCCC1C(=O)NCC(Cl)COC. The van der Waals surface area contributed by atoms with Crippen LogP contribution in [0.25, 0.3) is 0 Å². The number of hydrogen-bond acceptors (Lipinski definition) is 3. The van der Waals surface area contributed by atoms with Gasteiger partial charge in [-0.3, -0.25) is 4.79 Å². The Morgan fingerprint density at radius 1 is 1.69 bits per heavy atom. The molecule has 0 aromatic carbocycles. The molecule has 1 aliphatic heterocycles. The molecule has 0 aromatic heterocycles. The number of alkyl halides is 1. The van der Waals surface area contributed by atoms with E-state index >= 15 is 0 Å². The third-order valence-electron chi connectivity index (χ3n) is 2.79. The maximum Gasteiger partial charge on any atom is 0.225 e. The molecule has 3 atom stereocenters. The second-order valence-corrected chi connectivity index (χ2v) is 4.63. The molecule has 1 fully saturated rings. The molecule has 1 rings (SSSR count). The second kappa shape index (κ2) is 7.09. The van der Waals surface area contributed by atoms with Crippen molar-refractivity contribution in [2.45, 2.75) is 31.2 Å². The fourth-order valence-corrected chi connectivity index (χ4v) is 2.14. The van der Waals surface area contributed by atoms with Gasteiger partial charge in [-0.2, -0.15) is 0 Å². The zero-order chi connectivity index (χ0) is 12.0.